The smallest absolute Gasteiger partial charge is 0.330 e. The summed E-state index contributed by atoms with van der Waals surface area (Å²) in [6, 6.07) is 17.3. The Morgan fingerprint density at radius 1 is 1.09 bits per heavy atom. The number of nitrogens with zero attached hydrogens (tertiary/aromatic N) is 1. The zero-order valence-electron chi connectivity index (χ0n) is 18.5. The number of methoxy groups -OCH3 is 1. The molecule has 7 heteroatoms. The van der Waals surface area contributed by atoms with Gasteiger partial charge in [0.25, 0.3) is 0 Å². The first-order chi connectivity index (χ1) is 15.4. The third kappa shape index (κ3) is 7.05. The normalized spacial score (nSPS) is 13.4. The van der Waals surface area contributed by atoms with Gasteiger partial charge in [-0.3, -0.25) is 4.79 Å². The molecular formula is C25H28BrNO5. The van der Waals surface area contributed by atoms with Gasteiger partial charge in [0.15, 0.2) is 0 Å². The van der Waals surface area contributed by atoms with Gasteiger partial charge in [-0.05, 0) is 43.9 Å². The van der Waals surface area contributed by atoms with Gasteiger partial charge in [-0.15, -0.1) is 0 Å². The third-order valence-electron chi connectivity index (χ3n) is 5.01. The molecule has 0 aromatic heterocycles. The highest BCUT2D eigenvalue weighted by Crippen LogP contribution is 2.34. The van der Waals surface area contributed by atoms with Gasteiger partial charge in [0, 0.05) is 10.5 Å². The predicted octanol–water partition coefficient (Wildman–Crippen LogP) is 5.25. The average Bonchev–Trinajstić information content (AvgIpc) is 2.80. The molecule has 0 saturated carbocycles. The summed E-state index contributed by atoms with van der Waals surface area (Å²) in [5.41, 5.74) is 1.16. The number of oxime groups is 1. The molecule has 0 spiro atoms. The Morgan fingerprint density at radius 3 is 2.44 bits per heavy atom. The van der Waals surface area contributed by atoms with Crippen molar-refractivity contribution in [1.82, 2.24) is 0 Å². The molecule has 0 heterocycles. The van der Waals surface area contributed by atoms with E-state index < -0.39 is 17.4 Å². The maximum absolute atomic E-state index is 13.3. The molecule has 0 saturated heterocycles. The van der Waals surface area contributed by atoms with Gasteiger partial charge in [-0.25, -0.2) is 4.79 Å². The molecule has 170 valence electrons. The van der Waals surface area contributed by atoms with E-state index in [1.807, 2.05) is 54.6 Å². The van der Waals surface area contributed by atoms with Crippen molar-refractivity contribution in [2.75, 3.05) is 13.7 Å². The molecule has 2 aromatic rings. The molecule has 0 fully saturated rings. The second kappa shape index (κ2) is 12.8. The fourth-order valence-electron chi connectivity index (χ4n) is 3.18. The second-order valence-corrected chi connectivity index (χ2v) is 7.99. The molecule has 0 N–H and O–H groups in total. The van der Waals surface area contributed by atoms with Crippen molar-refractivity contribution in [2.45, 2.75) is 33.3 Å². The van der Waals surface area contributed by atoms with Crippen LogP contribution in [0.4, 0.5) is 0 Å². The quantitative estimate of drug-likeness (QED) is 0.182. The van der Waals surface area contributed by atoms with Crippen LogP contribution in [-0.2, 0) is 36.9 Å². The standard InChI is InChI=1S/C25H28BrNO5/c1-4-31-24(29)25(16-10-15-23(28)30-3,17-21-13-8-9-14-22(21)26)19(2)27-32-18-20-11-6-5-7-12-20/h5-15H,4,16-18H2,1-3H3/b15-10+,27-19+. The Hall–Kier alpha value is -2.93. The number of esters is 2. The van der Waals surface area contributed by atoms with Crippen molar-refractivity contribution in [1.29, 1.82) is 0 Å². The van der Waals surface area contributed by atoms with Crippen molar-refractivity contribution in [3.05, 3.63) is 82.3 Å². The van der Waals surface area contributed by atoms with Crippen LogP contribution >= 0.6 is 15.9 Å². The number of hydrogen-bond acceptors (Lipinski definition) is 6. The van der Waals surface area contributed by atoms with Gasteiger partial charge < -0.3 is 14.3 Å². The van der Waals surface area contributed by atoms with Gasteiger partial charge in [0.1, 0.15) is 12.0 Å². The van der Waals surface area contributed by atoms with E-state index in [1.54, 1.807) is 19.9 Å². The lowest BCUT2D eigenvalue weighted by molar-refractivity contribution is -0.151. The van der Waals surface area contributed by atoms with Crippen LogP contribution in [0.25, 0.3) is 0 Å². The Labute approximate surface area is 197 Å². The Bertz CT molecular complexity index is 958. The predicted molar refractivity (Wildman–Crippen MR) is 127 cm³/mol. The van der Waals surface area contributed by atoms with Crippen LogP contribution in [0.2, 0.25) is 0 Å². The Morgan fingerprint density at radius 2 is 1.78 bits per heavy atom. The number of carbonyl (C=O) groups is 2. The van der Waals surface area contributed by atoms with Gasteiger partial charge in [0.05, 0.1) is 19.4 Å². The average molecular weight is 502 g/mol. The second-order valence-electron chi connectivity index (χ2n) is 7.14. The molecule has 32 heavy (non-hydrogen) atoms. The lowest BCUT2D eigenvalue weighted by Crippen LogP contribution is -2.41. The summed E-state index contributed by atoms with van der Waals surface area (Å²) in [4.78, 5) is 30.5. The van der Waals surface area contributed by atoms with Crippen LogP contribution in [0.3, 0.4) is 0 Å². The summed E-state index contributed by atoms with van der Waals surface area (Å²) in [5.74, 6) is -0.937. The molecule has 6 nitrogen and oxygen atoms in total. The molecule has 0 aliphatic carbocycles. The van der Waals surface area contributed by atoms with Crippen molar-refractivity contribution < 1.29 is 23.9 Å². The topological polar surface area (TPSA) is 74.2 Å². The van der Waals surface area contributed by atoms with Crippen molar-refractivity contribution >= 4 is 33.6 Å². The number of rotatable bonds is 11. The number of hydrogen-bond donors (Lipinski definition) is 0. The first kappa shape index (κ1) is 25.3. The van der Waals surface area contributed by atoms with Crippen LogP contribution in [0.5, 0.6) is 0 Å². The Kier molecular flexibility index (Phi) is 10.1. The highest BCUT2D eigenvalue weighted by atomic mass is 79.9. The summed E-state index contributed by atoms with van der Waals surface area (Å²) >= 11 is 3.56. The van der Waals surface area contributed by atoms with Crippen LogP contribution < -0.4 is 0 Å². The van der Waals surface area contributed by atoms with E-state index in [0.29, 0.717) is 12.1 Å². The number of allylic oxidation sites excluding steroid dienone is 1. The number of ether oxygens (including phenoxy) is 2. The van der Waals surface area contributed by atoms with E-state index in [0.717, 1.165) is 15.6 Å². The zero-order chi connectivity index (χ0) is 23.4. The fourth-order valence-corrected chi connectivity index (χ4v) is 3.60. The maximum Gasteiger partial charge on any atom is 0.330 e. The van der Waals surface area contributed by atoms with Crippen LogP contribution in [0, 0.1) is 5.41 Å². The van der Waals surface area contributed by atoms with Gasteiger partial charge in [-0.1, -0.05) is 75.7 Å². The van der Waals surface area contributed by atoms with Crippen LogP contribution in [-0.4, -0.2) is 31.4 Å². The number of carbonyl (C=O) groups excluding carboxylic acids is 2. The summed E-state index contributed by atoms with van der Waals surface area (Å²) in [6.45, 7) is 3.98. The van der Waals surface area contributed by atoms with Crippen molar-refractivity contribution in [2.24, 2.45) is 10.6 Å². The summed E-state index contributed by atoms with van der Waals surface area (Å²) in [5, 5.41) is 4.29. The van der Waals surface area contributed by atoms with E-state index in [2.05, 4.69) is 25.8 Å². The SMILES string of the molecule is CCOC(=O)C(C/C=C/C(=O)OC)(Cc1ccccc1Br)/C(C)=N/OCc1ccccc1. The highest BCUT2D eigenvalue weighted by Gasteiger charge is 2.43. The first-order valence-corrected chi connectivity index (χ1v) is 11.1. The molecule has 1 atom stereocenters. The molecule has 0 amide bonds. The minimum atomic E-state index is -1.17. The number of benzene rings is 2. The monoisotopic (exact) mass is 501 g/mol. The zero-order valence-corrected chi connectivity index (χ0v) is 20.1. The van der Waals surface area contributed by atoms with E-state index in [4.69, 9.17) is 9.57 Å². The summed E-state index contributed by atoms with van der Waals surface area (Å²) < 4.78 is 11.0. The molecule has 0 bridgehead atoms. The third-order valence-corrected chi connectivity index (χ3v) is 5.78. The largest absolute Gasteiger partial charge is 0.466 e. The molecule has 2 rings (SSSR count). The van der Waals surface area contributed by atoms with E-state index in [9.17, 15) is 9.59 Å². The molecular weight excluding hydrogens is 474 g/mol. The lowest BCUT2D eigenvalue weighted by Gasteiger charge is -2.30. The highest BCUT2D eigenvalue weighted by molar-refractivity contribution is 9.10. The van der Waals surface area contributed by atoms with Gasteiger partial charge in [0.2, 0.25) is 0 Å². The molecule has 0 aliphatic rings. The van der Waals surface area contributed by atoms with Gasteiger partial charge >= 0.3 is 11.9 Å². The van der Waals surface area contributed by atoms with Crippen LogP contribution in [0.15, 0.2) is 76.4 Å². The summed E-state index contributed by atoms with van der Waals surface area (Å²) in [6.07, 6.45) is 3.40. The Balaban J connectivity index is 2.42. The van der Waals surface area contributed by atoms with Crippen LogP contribution in [0.1, 0.15) is 31.4 Å². The van der Waals surface area contributed by atoms with Crippen molar-refractivity contribution in [3.8, 4) is 0 Å². The van der Waals surface area contributed by atoms with Crippen molar-refractivity contribution in [3.63, 3.8) is 0 Å². The molecule has 2 aromatic carbocycles. The minimum Gasteiger partial charge on any atom is -0.466 e. The molecule has 0 aliphatic heterocycles. The maximum atomic E-state index is 13.3. The molecule has 1 unspecified atom stereocenters. The van der Waals surface area contributed by atoms with E-state index >= 15 is 0 Å². The first-order valence-electron chi connectivity index (χ1n) is 10.3. The summed E-state index contributed by atoms with van der Waals surface area (Å²) in [7, 11) is 1.30. The fraction of sp³-hybridized carbons (Fsp3) is 0.320. The van der Waals surface area contributed by atoms with E-state index in [-0.39, 0.29) is 19.6 Å². The van der Waals surface area contributed by atoms with Gasteiger partial charge in [-0.2, -0.15) is 0 Å². The molecule has 0 radical (unpaired) electrons. The minimum absolute atomic E-state index is 0.187. The number of halogens is 1. The lowest BCUT2D eigenvalue weighted by atomic mass is 9.75. The van der Waals surface area contributed by atoms with E-state index in [1.165, 1.54) is 13.2 Å².